The summed E-state index contributed by atoms with van der Waals surface area (Å²) < 4.78 is 33.0. The molecule has 1 saturated carbocycles. The fourth-order valence-corrected chi connectivity index (χ4v) is 5.62. The van der Waals surface area contributed by atoms with Crippen LogP contribution in [0.2, 0.25) is 0 Å². The lowest BCUT2D eigenvalue weighted by Gasteiger charge is -2.20. The summed E-state index contributed by atoms with van der Waals surface area (Å²) in [7, 11) is -2.39. The van der Waals surface area contributed by atoms with Gasteiger partial charge in [0.05, 0.1) is 7.11 Å². The van der Waals surface area contributed by atoms with Crippen LogP contribution in [0, 0.1) is 0 Å². The zero-order valence-electron chi connectivity index (χ0n) is 18.6. The van der Waals surface area contributed by atoms with E-state index in [1.807, 2.05) is 30.3 Å². The number of carbonyl (C=O) groups is 2. The average molecular weight is 472 g/mol. The van der Waals surface area contributed by atoms with Gasteiger partial charge in [-0.3, -0.25) is 9.59 Å². The van der Waals surface area contributed by atoms with Gasteiger partial charge < -0.3 is 15.4 Å². The maximum absolute atomic E-state index is 13.1. The maximum Gasteiger partial charge on any atom is 0.251 e. The molecule has 4 rings (SSSR count). The number of amides is 2. The lowest BCUT2D eigenvalue weighted by Crippen LogP contribution is -2.48. The second-order valence-electron chi connectivity index (χ2n) is 8.48. The first-order valence-electron chi connectivity index (χ1n) is 11.2. The van der Waals surface area contributed by atoms with E-state index < -0.39 is 22.0 Å². The summed E-state index contributed by atoms with van der Waals surface area (Å²) in [6.07, 6.45) is 3.82. The van der Waals surface area contributed by atoms with E-state index in [-0.39, 0.29) is 28.2 Å². The molecule has 2 amide bonds. The number of methoxy groups -OCH3 is 1. The first kappa shape index (κ1) is 23.3. The summed E-state index contributed by atoms with van der Waals surface area (Å²) >= 11 is 0. The minimum atomic E-state index is -3.79. The van der Waals surface area contributed by atoms with Gasteiger partial charge in [-0.05, 0) is 49.4 Å². The molecule has 1 unspecified atom stereocenters. The van der Waals surface area contributed by atoms with E-state index >= 15 is 0 Å². The molecule has 9 heteroatoms. The number of benzene rings is 2. The Morgan fingerprint density at radius 3 is 2.42 bits per heavy atom. The smallest absolute Gasteiger partial charge is 0.251 e. The molecule has 0 radical (unpaired) electrons. The van der Waals surface area contributed by atoms with Crippen molar-refractivity contribution < 1.29 is 22.7 Å². The molecule has 1 aliphatic heterocycles. The van der Waals surface area contributed by atoms with Gasteiger partial charge in [-0.25, -0.2) is 8.42 Å². The molecule has 2 aromatic carbocycles. The van der Waals surface area contributed by atoms with Crippen molar-refractivity contribution in [3.8, 4) is 5.75 Å². The summed E-state index contributed by atoms with van der Waals surface area (Å²) in [4.78, 5) is 25.9. The van der Waals surface area contributed by atoms with Crippen LogP contribution in [0.5, 0.6) is 5.75 Å². The topological polar surface area (TPSA) is 105 Å². The van der Waals surface area contributed by atoms with E-state index in [1.165, 1.54) is 29.6 Å². The van der Waals surface area contributed by atoms with Crippen LogP contribution in [0.1, 0.15) is 41.6 Å². The monoisotopic (exact) mass is 471 g/mol. The van der Waals surface area contributed by atoms with E-state index in [1.54, 1.807) is 0 Å². The molecular weight excluding hydrogens is 442 g/mol. The molecule has 0 spiro atoms. The SMILES string of the molecule is COc1ccc(C(=O)NC(Cc2ccccc2)C(=O)NC2CC2)cc1S(=O)(=O)N1CCCC1. The molecule has 2 fully saturated rings. The molecule has 2 aliphatic rings. The third kappa shape index (κ3) is 5.54. The van der Waals surface area contributed by atoms with Crippen LogP contribution >= 0.6 is 0 Å². The summed E-state index contributed by atoms with van der Waals surface area (Å²) in [6.45, 7) is 0.894. The number of nitrogens with zero attached hydrogens (tertiary/aromatic N) is 1. The van der Waals surface area contributed by atoms with Crippen LogP contribution < -0.4 is 15.4 Å². The number of rotatable bonds is 9. The highest BCUT2D eigenvalue weighted by Gasteiger charge is 2.32. The first-order chi connectivity index (χ1) is 15.9. The molecule has 33 heavy (non-hydrogen) atoms. The van der Waals surface area contributed by atoms with Gasteiger partial charge in [-0.1, -0.05) is 30.3 Å². The minimum Gasteiger partial charge on any atom is -0.495 e. The second kappa shape index (κ2) is 9.93. The Bertz CT molecular complexity index is 1110. The molecule has 0 aromatic heterocycles. The van der Waals surface area contributed by atoms with Crippen LogP contribution in [-0.2, 0) is 21.2 Å². The summed E-state index contributed by atoms with van der Waals surface area (Å²) in [5.41, 5.74) is 1.08. The van der Waals surface area contributed by atoms with Crippen molar-refractivity contribution in [2.24, 2.45) is 0 Å². The highest BCUT2D eigenvalue weighted by molar-refractivity contribution is 7.89. The number of hydrogen-bond acceptors (Lipinski definition) is 5. The third-order valence-electron chi connectivity index (χ3n) is 5.94. The van der Waals surface area contributed by atoms with Gasteiger partial charge in [-0.2, -0.15) is 4.31 Å². The van der Waals surface area contributed by atoms with Crippen molar-refractivity contribution in [3.63, 3.8) is 0 Å². The van der Waals surface area contributed by atoms with Crippen LogP contribution in [0.15, 0.2) is 53.4 Å². The minimum absolute atomic E-state index is 0.0402. The molecule has 1 atom stereocenters. The predicted molar refractivity (Wildman–Crippen MR) is 124 cm³/mol. The van der Waals surface area contributed by atoms with Gasteiger partial charge in [0.1, 0.15) is 16.7 Å². The van der Waals surface area contributed by atoms with Crippen LogP contribution in [0.3, 0.4) is 0 Å². The molecule has 176 valence electrons. The first-order valence-corrected chi connectivity index (χ1v) is 12.7. The lowest BCUT2D eigenvalue weighted by molar-refractivity contribution is -0.123. The van der Waals surface area contributed by atoms with Gasteiger partial charge in [0.25, 0.3) is 5.91 Å². The van der Waals surface area contributed by atoms with Crippen molar-refractivity contribution in [1.82, 2.24) is 14.9 Å². The third-order valence-corrected chi connectivity index (χ3v) is 7.86. The molecule has 2 N–H and O–H groups in total. The Morgan fingerprint density at radius 1 is 1.09 bits per heavy atom. The molecule has 1 heterocycles. The van der Waals surface area contributed by atoms with Crippen molar-refractivity contribution in [2.45, 2.75) is 49.1 Å². The largest absolute Gasteiger partial charge is 0.495 e. The number of nitrogens with one attached hydrogen (secondary N) is 2. The normalized spacial score (nSPS) is 17.4. The van der Waals surface area contributed by atoms with Gasteiger partial charge in [-0.15, -0.1) is 0 Å². The van der Waals surface area contributed by atoms with E-state index in [2.05, 4.69) is 10.6 Å². The fourth-order valence-electron chi connectivity index (χ4n) is 3.92. The second-order valence-corrected chi connectivity index (χ2v) is 10.4. The standard InChI is InChI=1S/C24H29N3O5S/c1-32-21-12-9-18(16-22(21)33(30,31)27-13-5-6-14-27)23(28)26-20(24(29)25-19-10-11-19)15-17-7-3-2-4-8-17/h2-4,7-9,12,16,19-20H,5-6,10-11,13-15H2,1H3,(H,25,29)(H,26,28). The highest BCUT2D eigenvalue weighted by Crippen LogP contribution is 2.30. The van der Waals surface area contributed by atoms with Crippen molar-refractivity contribution in [3.05, 3.63) is 59.7 Å². The zero-order valence-corrected chi connectivity index (χ0v) is 19.4. The summed E-state index contributed by atoms with van der Waals surface area (Å²) in [5.74, 6) is -0.568. The highest BCUT2D eigenvalue weighted by atomic mass is 32.2. The average Bonchev–Trinajstić information content (AvgIpc) is 3.45. The molecule has 0 bridgehead atoms. The van der Waals surface area contributed by atoms with Gasteiger partial charge in [0.2, 0.25) is 15.9 Å². The maximum atomic E-state index is 13.1. The van der Waals surface area contributed by atoms with Crippen LogP contribution in [-0.4, -0.2) is 56.8 Å². The zero-order chi connectivity index (χ0) is 23.4. The molecule has 1 saturated heterocycles. The molecule has 2 aromatic rings. The quantitative estimate of drug-likeness (QED) is 0.583. The predicted octanol–water partition coefficient (Wildman–Crippen LogP) is 2.10. The van der Waals surface area contributed by atoms with E-state index in [9.17, 15) is 18.0 Å². The van der Waals surface area contributed by atoms with E-state index in [0.717, 1.165) is 31.2 Å². The van der Waals surface area contributed by atoms with Crippen molar-refractivity contribution in [2.75, 3.05) is 20.2 Å². The Kier molecular flexibility index (Phi) is 6.99. The Balaban J connectivity index is 1.57. The molecular formula is C24H29N3O5S. The Hall–Kier alpha value is -2.91. The van der Waals surface area contributed by atoms with Crippen molar-refractivity contribution in [1.29, 1.82) is 0 Å². The number of hydrogen-bond donors (Lipinski definition) is 2. The number of sulfonamides is 1. The lowest BCUT2D eigenvalue weighted by atomic mass is 10.0. The number of ether oxygens (including phenoxy) is 1. The fraction of sp³-hybridized carbons (Fsp3) is 0.417. The Labute approximate surface area is 194 Å². The summed E-state index contributed by atoms with van der Waals surface area (Å²) in [6, 6.07) is 13.2. The van der Waals surface area contributed by atoms with Gasteiger partial charge in [0, 0.05) is 31.1 Å². The summed E-state index contributed by atoms with van der Waals surface area (Å²) in [5, 5.41) is 5.75. The van der Waals surface area contributed by atoms with Crippen molar-refractivity contribution >= 4 is 21.8 Å². The molecule has 1 aliphatic carbocycles. The van der Waals surface area contributed by atoms with E-state index in [4.69, 9.17) is 4.74 Å². The Morgan fingerprint density at radius 2 is 1.79 bits per heavy atom. The van der Waals surface area contributed by atoms with Crippen LogP contribution in [0.4, 0.5) is 0 Å². The van der Waals surface area contributed by atoms with Gasteiger partial charge in [0.15, 0.2) is 0 Å². The number of carbonyl (C=O) groups excluding carboxylic acids is 2. The van der Waals surface area contributed by atoms with E-state index in [0.29, 0.717) is 19.5 Å². The van der Waals surface area contributed by atoms with Crippen LogP contribution in [0.25, 0.3) is 0 Å². The molecule has 8 nitrogen and oxygen atoms in total. The van der Waals surface area contributed by atoms with Gasteiger partial charge >= 0.3 is 0 Å².